The number of amides is 1. The molecule has 1 atom stereocenters. The largest absolute Gasteiger partial charge is 0.389 e. The molecular weight excluding hydrogens is 476 g/mol. The molecule has 0 aromatic carbocycles. The summed E-state index contributed by atoms with van der Waals surface area (Å²) in [5.74, 6) is 0.0438. The third kappa shape index (κ3) is 4.80. The number of carbonyl (C=O) groups is 1. The summed E-state index contributed by atoms with van der Waals surface area (Å²) in [7, 11) is 1.64. The molecule has 0 unspecified atom stereocenters. The van der Waals surface area contributed by atoms with Crippen LogP contribution in [0.1, 0.15) is 31.7 Å². The SMILES string of the molecule is Cc1c(Nc2nccc(-c3cccc(-c4cc([C@]5(O)CCN(C)C5=O)on4)n3)n2)cnn1CC(C)(C)O. The van der Waals surface area contributed by atoms with Crippen LogP contribution >= 0.6 is 0 Å². The molecule has 0 radical (unpaired) electrons. The van der Waals surface area contributed by atoms with Crippen LogP contribution in [-0.2, 0) is 16.9 Å². The Morgan fingerprint density at radius 3 is 2.59 bits per heavy atom. The maximum atomic E-state index is 12.4. The Morgan fingerprint density at radius 1 is 1.16 bits per heavy atom. The first-order valence-electron chi connectivity index (χ1n) is 11.8. The van der Waals surface area contributed by atoms with Gasteiger partial charge in [0.2, 0.25) is 11.5 Å². The quantitative estimate of drug-likeness (QED) is 0.341. The maximum absolute atomic E-state index is 12.4. The smallest absolute Gasteiger partial charge is 0.262 e. The van der Waals surface area contributed by atoms with Gasteiger partial charge in [0, 0.05) is 32.3 Å². The minimum atomic E-state index is -1.72. The summed E-state index contributed by atoms with van der Waals surface area (Å²) in [6.45, 7) is 6.13. The van der Waals surface area contributed by atoms with Crippen molar-refractivity contribution in [2.24, 2.45) is 0 Å². The van der Waals surface area contributed by atoms with Crippen LogP contribution in [-0.4, -0.2) is 70.1 Å². The van der Waals surface area contributed by atoms with Crippen LogP contribution in [0, 0.1) is 6.92 Å². The first kappa shape index (κ1) is 24.5. The standard InChI is InChI=1S/C25H28N8O4/c1-15-20(13-27-33(15)14-24(2,3)35)30-23-26-10-8-18(29-23)16-6-5-7-17(28-16)19-12-21(37-31-19)25(36)9-11-32(4)22(25)34/h5-8,10,12-13,35-36H,9,11,14H2,1-4H3,(H,26,29,30)/t25-/m1/s1. The van der Waals surface area contributed by atoms with E-state index in [1.807, 2.05) is 19.1 Å². The van der Waals surface area contributed by atoms with Crippen molar-refractivity contribution in [2.75, 3.05) is 18.9 Å². The lowest BCUT2D eigenvalue weighted by Gasteiger charge is -2.18. The first-order chi connectivity index (χ1) is 17.5. The number of aromatic nitrogens is 6. The van der Waals surface area contributed by atoms with E-state index in [0.717, 1.165) is 11.4 Å². The van der Waals surface area contributed by atoms with Crippen molar-refractivity contribution < 1.29 is 19.5 Å². The number of anilines is 2. The van der Waals surface area contributed by atoms with Crippen molar-refractivity contribution >= 4 is 17.5 Å². The van der Waals surface area contributed by atoms with E-state index in [-0.39, 0.29) is 12.2 Å². The van der Waals surface area contributed by atoms with Crippen LogP contribution in [0.2, 0.25) is 0 Å². The molecule has 37 heavy (non-hydrogen) atoms. The molecule has 0 bridgehead atoms. The number of hydrogen-bond acceptors (Lipinski definition) is 10. The van der Waals surface area contributed by atoms with E-state index in [2.05, 4.69) is 30.5 Å². The van der Waals surface area contributed by atoms with Crippen LogP contribution in [0.15, 0.2) is 47.2 Å². The Hall–Kier alpha value is -4.16. The summed E-state index contributed by atoms with van der Waals surface area (Å²) in [6.07, 6.45) is 3.53. The molecule has 5 rings (SSSR count). The lowest BCUT2D eigenvalue weighted by molar-refractivity contribution is -0.144. The second kappa shape index (κ2) is 9.05. The summed E-state index contributed by atoms with van der Waals surface area (Å²) in [4.78, 5) is 27.4. The number of rotatable bonds is 7. The van der Waals surface area contributed by atoms with Crippen LogP contribution in [0.25, 0.3) is 22.8 Å². The Bertz CT molecular complexity index is 1460. The lowest BCUT2D eigenvalue weighted by atomic mass is 9.98. The molecule has 4 aromatic heterocycles. The van der Waals surface area contributed by atoms with Gasteiger partial charge in [-0.2, -0.15) is 5.10 Å². The van der Waals surface area contributed by atoms with Crippen molar-refractivity contribution in [1.29, 1.82) is 0 Å². The van der Waals surface area contributed by atoms with Gasteiger partial charge in [-0.15, -0.1) is 0 Å². The normalized spacial score (nSPS) is 18.0. The average molecular weight is 505 g/mol. The zero-order chi connectivity index (χ0) is 26.4. The highest BCUT2D eigenvalue weighted by Gasteiger charge is 2.48. The van der Waals surface area contributed by atoms with Gasteiger partial charge in [0.05, 0.1) is 46.8 Å². The van der Waals surface area contributed by atoms with E-state index < -0.39 is 17.1 Å². The molecule has 12 heteroatoms. The lowest BCUT2D eigenvalue weighted by Crippen LogP contribution is -2.35. The predicted molar refractivity (Wildman–Crippen MR) is 133 cm³/mol. The van der Waals surface area contributed by atoms with Gasteiger partial charge in [-0.05, 0) is 39.0 Å². The monoisotopic (exact) mass is 504 g/mol. The minimum Gasteiger partial charge on any atom is -0.389 e. The summed E-state index contributed by atoms with van der Waals surface area (Å²) in [5.41, 5.74) is 1.01. The number of carbonyl (C=O) groups excluding carboxylic acids is 1. The molecule has 0 spiro atoms. The highest BCUT2D eigenvalue weighted by atomic mass is 16.5. The van der Waals surface area contributed by atoms with E-state index in [1.165, 1.54) is 4.90 Å². The Kier molecular flexibility index (Phi) is 6.00. The fourth-order valence-corrected chi connectivity index (χ4v) is 4.17. The minimum absolute atomic E-state index is 0.0954. The molecule has 4 aromatic rings. The van der Waals surface area contributed by atoms with Crippen molar-refractivity contribution in [3.05, 3.63) is 54.2 Å². The molecule has 1 amide bonds. The Labute approximate surface area is 213 Å². The molecule has 0 saturated carbocycles. The predicted octanol–water partition coefficient (Wildman–Crippen LogP) is 2.26. The Balaban J connectivity index is 1.38. The molecule has 3 N–H and O–H groups in total. The van der Waals surface area contributed by atoms with Gasteiger partial charge in [0.1, 0.15) is 5.69 Å². The van der Waals surface area contributed by atoms with Crippen molar-refractivity contribution in [3.8, 4) is 22.8 Å². The summed E-state index contributed by atoms with van der Waals surface area (Å²) < 4.78 is 7.07. The van der Waals surface area contributed by atoms with E-state index in [4.69, 9.17) is 4.52 Å². The number of hydrogen-bond donors (Lipinski definition) is 3. The van der Waals surface area contributed by atoms with Crippen LogP contribution in [0.5, 0.6) is 0 Å². The number of likely N-dealkylation sites (tertiary alicyclic amines) is 1. The van der Waals surface area contributed by atoms with Crippen molar-refractivity contribution in [1.82, 2.24) is 34.8 Å². The topological polar surface area (TPSA) is 155 Å². The summed E-state index contributed by atoms with van der Waals surface area (Å²) >= 11 is 0. The van der Waals surface area contributed by atoms with Gasteiger partial charge >= 0.3 is 0 Å². The highest BCUT2D eigenvalue weighted by molar-refractivity contribution is 5.87. The number of nitrogens with zero attached hydrogens (tertiary/aromatic N) is 7. The Morgan fingerprint density at radius 2 is 1.89 bits per heavy atom. The van der Waals surface area contributed by atoms with Crippen LogP contribution < -0.4 is 5.32 Å². The van der Waals surface area contributed by atoms with Gasteiger partial charge in [-0.3, -0.25) is 9.48 Å². The van der Waals surface area contributed by atoms with E-state index >= 15 is 0 Å². The number of aliphatic hydroxyl groups is 2. The molecule has 1 saturated heterocycles. The van der Waals surface area contributed by atoms with Crippen LogP contribution in [0.4, 0.5) is 11.6 Å². The van der Waals surface area contributed by atoms with Gasteiger partial charge in [0.15, 0.2) is 5.76 Å². The highest BCUT2D eigenvalue weighted by Crippen LogP contribution is 2.34. The fraction of sp³-hybridized carbons (Fsp3) is 0.360. The molecule has 0 aliphatic carbocycles. The van der Waals surface area contributed by atoms with E-state index in [9.17, 15) is 15.0 Å². The third-order valence-electron chi connectivity index (χ3n) is 6.24. The zero-order valence-electron chi connectivity index (χ0n) is 21.0. The molecule has 1 aliphatic rings. The van der Waals surface area contributed by atoms with Gasteiger partial charge < -0.3 is 25.0 Å². The third-order valence-corrected chi connectivity index (χ3v) is 6.24. The molecule has 12 nitrogen and oxygen atoms in total. The molecule has 1 fully saturated rings. The van der Waals surface area contributed by atoms with Crippen molar-refractivity contribution in [2.45, 2.75) is 44.9 Å². The second-order valence-electron chi connectivity index (χ2n) is 9.83. The summed E-state index contributed by atoms with van der Waals surface area (Å²) in [6, 6.07) is 8.68. The van der Waals surface area contributed by atoms with Crippen molar-refractivity contribution in [3.63, 3.8) is 0 Å². The number of nitrogens with one attached hydrogen (secondary N) is 1. The average Bonchev–Trinajstić information content (AvgIpc) is 3.56. The number of likely N-dealkylation sites (N-methyl/N-ethyl adjacent to an activating group) is 1. The fourth-order valence-electron chi connectivity index (χ4n) is 4.17. The van der Waals surface area contributed by atoms with E-state index in [1.54, 1.807) is 56.2 Å². The molecule has 192 valence electrons. The first-order valence-corrected chi connectivity index (χ1v) is 11.8. The van der Waals surface area contributed by atoms with Gasteiger partial charge in [-0.1, -0.05) is 11.2 Å². The van der Waals surface area contributed by atoms with E-state index in [0.29, 0.717) is 41.8 Å². The summed E-state index contributed by atoms with van der Waals surface area (Å²) in [5, 5.41) is 32.5. The zero-order valence-corrected chi connectivity index (χ0v) is 21.0. The molecule has 5 heterocycles. The molecular formula is C25H28N8O4. The van der Waals surface area contributed by atoms with Crippen LogP contribution in [0.3, 0.4) is 0 Å². The van der Waals surface area contributed by atoms with Gasteiger partial charge in [0.25, 0.3) is 5.91 Å². The van der Waals surface area contributed by atoms with Gasteiger partial charge in [-0.25, -0.2) is 15.0 Å². The maximum Gasteiger partial charge on any atom is 0.262 e. The second-order valence-corrected chi connectivity index (χ2v) is 9.83. The number of pyridine rings is 1. The molecule has 1 aliphatic heterocycles.